The fourth-order valence-corrected chi connectivity index (χ4v) is 5.36. The number of hydrogen-bond donors (Lipinski definition) is 0. The Balaban J connectivity index is 1.30. The van der Waals surface area contributed by atoms with E-state index in [2.05, 4.69) is 26.3 Å². The highest BCUT2D eigenvalue weighted by molar-refractivity contribution is 7.10. The molecule has 0 aromatic carbocycles. The number of carbonyl (C=O) groups excluding carboxylic acids is 1. The van der Waals surface area contributed by atoms with E-state index in [9.17, 15) is 4.79 Å². The van der Waals surface area contributed by atoms with E-state index in [0.717, 1.165) is 44.8 Å². The van der Waals surface area contributed by atoms with Crippen LogP contribution < -0.4 is 4.90 Å². The lowest BCUT2D eigenvalue weighted by Crippen LogP contribution is -2.46. The Morgan fingerprint density at radius 3 is 2.75 bits per heavy atom. The van der Waals surface area contributed by atoms with E-state index in [-0.39, 0.29) is 11.5 Å². The largest absolute Gasteiger partial charge is 0.378 e. The molecule has 2 saturated heterocycles. The summed E-state index contributed by atoms with van der Waals surface area (Å²) < 4.78 is 11.6. The minimum Gasteiger partial charge on any atom is -0.378 e. The first-order valence-corrected chi connectivity index (χ1v) is 10.8. The van der Waals surface area contributed by atoms with E-state index in [1.54, 1.807) is 17.3 Å². The summed E-state index contributed by atoms with van der Waals surface area (Å²) in [6.45, 7) is 4.87. The van der Waals surface area contributed by atoms with Gasteiger partial charge in [0.2, 0.25) is 0 Å². The first kappa shape index (κ1) is 18.0. The monoisotopic (exact) mass is 400 g/mol. The normalized spacial score (nSPS) is 21.6. The van der Waals surface area contributed by atoms with Crippen molar-refractivity contribution in [1.29, 1.82) is 0 Å². The van der Waals surface area contributed by atoms with E-state index in [4.69, 9.17) is 9.47 Å². The number of morpholine rings is 1. The first-order chi connectivity index (χ1) is 13.8. The Morgan fingerprint density at radius 1 is 1.11 bits per heavy atom. The van der Waals surface area contributed by atoms with Crippen LogP contribution in [0.4, 0.5) is 5.82 Å². The first-order valence-electron chi connectivity index (χ1n) is 9.90. The van der Waals surface area contributed by atoms with Gasteiger partial charge in [-0.25, -0.2) is 4.98 Å². The van der Waals surface area contributed by atoms with Crippen LogP contribution in [0.3, 0.4) is 0 Å². The Bertz CT molecular complexity index is 857. The van der Waals surface area contributed by atoms with Gasteiger partial charge in [0.05, 0.1) is 37.8 Å². The predicted octanol–water partition coefficient (Wildman–Crippen LogP) is 2.08. The smallest absolute Gasteiger partial charge is 0.274 e. The van der Waals surface area contributed by atoms with Crippen molar-refractivity contribution in [2.45, 2.75) is 24.9 Å². The highest BCUT2D eigenvalue weighted by Crippen LogP contribution is 2.43. The van der Waals surface area contributed by atoms with Gasteiger partial charge >= 0.3 is 0 Å². The Morgan fingerprint density at radius 2 is 1.93 bits per heavy atom. The van der Waals surface area contributed by atoms with E-state index >= 15 is 0 Å². The maximum Gasteiger partial charge on any atom is 0.274 e. The molecule has 5 heterocycles. The number of nitrogens with zero attached hydrogens (tertiary/aromatic N) is 4. The molecule has 1 spiro atoms. The van der Waals surface area contributed by atoms with Crippen molar-refractivity contribution in [3.8, 4) is 0 Å². The molecule has 0 atom stereocenters. The van der Waals surface area contributed by atoms with Gasteiger partial charge in [0.1, 0.15) is 11.5 Å². The molecular weight excluding hydrogens is 376 g/mol. The Kier molecular flexibility index (Phi) is 4.78. The fraction of sp³-hybridized carbons (Fsp3) is 0.550. The van der Waals surface area contributed by atoms with Gasteiger partial charge in [-0.05, 0) is 29.9 Å². The highest BCUT2D eigenvalue weighted by atomic mass is 32.1. The molecule has 0 aliphatic carbocycles. The van der Waals surface area contributed by atoms with Crippen LogP contribution in [0.1, 0.15) is 33.8 Å². The minimum atomic E-state index is -0.154. The van der Waals surface area contributed by atoms with E-state index in [0.29, 0.717) is 32.0 Å². The van der Waals surface area contributed by atoms with Crippen molar-refractivity contribution >= 4 is 23.1 Å². The van der Waals surface area contributed by atoms with Crippen LogP contribution in [0.2, 0.25) is 0 Å². The summed E-state index contributed by atoms with van der Waals surface area (Å²) in [6.07, 6.45) is 6.20. The van der Waals surface area contributed by atoms with Crippen molar-refractivity contribution in [3.63, 3.8) is 0 Å². The molecule has 0 bridgehead atoms. The summed E-state index contributed by atoms with van der Waals surface area (Å²) in [5.41, 5.74) is 1.64. The number of carbonyl (C=O) groups is 1. The van der Waals surface area contributed by atoms with Crippen LogP contribution in [-0.4, -0.2) is 66.8 Å². The number of aromatic nitrogens is 2. The third-order valence-electron chi connectivity index (χ3n) is 5.98. The summed E-state index contributed by atoms with van der Waals surface area (Å²) in [7, 11) is 0. The van der Waals surface area contributed by atoms with Gasteiger partial charge in [-0.2, -0.15) is 0 Å². The average molecular weight is 401 g/mol. The minimum absolute atomic E-state index is 0.0651. The van der Waals surface area contributed by atoms with Gasteiger partial charge in [-0.1, -0.05) is 0 Å². The molecule has 2 aromatic heterocycles. The molecule has 148 valence electrons. The number of ether oxygens (including phenoxy) is 2. The molecule has 0 N–H and O–H groups in total. The van der Waals surface area contributed by atoms with Crippen molar-refractivity contribution in [1.82, 2.24) is 14.9 Å². The van der Waals surface area contributed by atoms with Gasteiger partial charge in [0.25, 0.3) is 5.91 Å². The quantitative estimate of drug-likeness (QED) is 0.769. The molecule has 8 heteroatoms. The fourth-order valence-electron chi connectivity index (χ4n) is 4.41. The van der Waals surface area contributed by atoms with Crippen molar-refractivity contribution in [2.75, 3.05) is 50.9 Å². The lowest BCUT2D eigenvalue weighted by Gasteiger charge is -2.44. The number of piperidine rings is 1. The molecular formula is C20H24N4O3S. The van der Waals surface area contributed by atoms with Crippen LogP contribution in [0.15, 0.2) is 23.8 Å². The number of anilines is 1. The summed E-state index contributed by atoms with van der Waals surface area (Å²) in [4.78, 5) is 27.1. The zero-order valence-corrected chi connectivity index (χ0v) is 16.6. The van der Waals surface area contributed by atoms with E-state index in [1.807, 2.05) is 11.3 Å². The van der Waals surface area contributed by atoms with Crippen LogP contribution in [0.25, 0.3) is 0 Å². The Hall–Kier alpha value is -2.03. The van der Waals surface area contributed by atoms with E-state index < -0.39 is 0 Å². The second-order valence-corrected chi connectivity index (χ2v) is 8.51. The maximum atomic E-state index is 12.7. The van der Waals surface area contributed by atoms with Gasteiger partial charge in [-0.3, -0.25) is 9.78 Å². The zero-order chi connectivity index (χ0) is 19.0. The van der Waals surface area contributed by atoms with Crippen LogP contribution >= 0.6 is 11.3 Å². The van der Waals surface area contributed by atoms with Crippen LogP contribution in [0.5, 0.6) is 0 Å². The molecule has 2 fully saturated rings. The van der Waals surface area contributed by atoms with Crippen LogP contribution in [0, 0.1) is 0 Å². The van der Waals surface area contributed by atoms with Crippen LogP contribution in [-0.2, 0) is 21.5 Å². The summed E-state index contributed by atoms with van der Waals surface area (Å²) >= 11 is 1.84. The summed E-state index contributed by atoms with van der Waals surface area (Å²) in [5.74, 6) is 0.708. The van der Waals surface area contributed by atoms with Gasteiger partial charge in [0, 0.05) is 37.5 Å². The molecule has 28 heavy (non-hydrogen) atoms. The average Bonchev–Trinajstić information content (AvgIpc) is 3.25. The predicted molar refractivity (Wildman–Crippen MR) is 106 cm³/mol. The summed E-state index contributed by atoms with van der Waals surface area (Å²) in [5, 5.41) is 2.18. The standard InChI is InChI=1S/C20H24N4O3S/c25-19(24-7-10-26-11-8-24)16-13-21-14-18(22-16)23-5-3-20(4-6-23)15-2-12-28-17(15)1-9-27-20/h2,12-14H,1,3-11H2. The maximum absolute atomic E-state index is 12.7. The van der Waals surface area contributed by atoms with Crippen molar-refractivity contribution in [3.05, 3.63) is 40.0 Å². The van der Waals surface area contributed by atoms with E-state index in [1.165, 1.54) is 10.4 Å². The molecule has 0 radical (unpaired) electrons. The number of thiophene rings is 1. The second-order valence-electron chi connectivity index (χ2n) is 7.50. The number of fused-ring (bicyclic) bond motifs is 2. The molecule has 3 aliphatic heterocycles. The molecule has 0 unspecified atom stereocenters. The molecule has 0 saturated carbocycles. The number of hydrogen-bond acceptors (Lipinski definition) is 7. The highest BCUT2D eigenvalue weighted by Gasteiger charge is 2.41. The number of rotatable bonds is 2. The Labute approximate surface area is 168 Å². The number of amides is 1. The van der Waals surface area contributed by atoms with Gasteiger partial charge in [-0.15, -0.1) is 11.3 Å². The summed E-state index contributed by atoms with van der Waals surface area (Å²) in [6, 6.07) is 2.23. The molecule has 3 aliphatic rings. The van der Waals surface area contributed by atoms with Gasteiger partial charge in [0.15, 0.2) is 0 Å². The van der Waals surface area contributed by atoms with Crippen molar-refractivity contribution in [2.24, 2.45) is 0 Å². The topological polar surface area (TPSA) is 67.8 Å². The third-order valence-corrected chi connectivity index (χ3v) is 6.96. The lowest BCUT2D eigenvalue weighted by atomic mass is 9.82. The molecule has 7 nitrogen and oxygen atoms in total. The molecule has 1 amide bonds. The second kappa shape index (κ2) is 7.42. The lowest BCUT2D eigenvalue weighted by molar-refractivity contribution is -0.0757. The zero-order valence-electron chi connectivity index (χ0n) is 15.8. The SMILES string of the molecule is O=C(c1cncc(N2CCC3(CC2)OCCc2sccc23)n1)N1CCOCC1. The molecule has 2 aromatic rings. The van der Waals surface area contributed by atoms with Gasteiger partial charge < -0.3 is 19.3 Å². The molecule has 5 rings (SSSR count). The van der Waals surface area contributed by atoms with Crippen molar-refractivity contribution < 1.29 is 14.3 Å². The third kappa shape index (κ3) is 3.19.